The number of carbonyl (C=O) groups is 1. The number of H-pyrrole nitrogens is 1. The highest BCUT2D eigenvalue weighted by Crippen LogP contribution is 2.30. The highest BCUT2D eigenvalue weighted by atomic mass is 19.4. The molecule has 1 heterocycles. The summed E-state index contributed by atoms with van der Waals surface area (Å²) in [5.41, 5.74) is 0.0197. The second-order valence-corrected chi connectivity index (χ2v) is 7.80. The molecule has 156 valence electrons. The third-order valence-electron chi connectivity index (χ3n) is 4.99. The van der Waals surface area contributed by atoms with Gasteiger partial charge in [-0.2, -0.15) is 13.2 Å². The maximum atomic E-state index is 12.9. The van der Waals surface area contributed by atoms with Crippen LogP contribution in [-0.4, -0.2) is 26.8 Å². The van der Waals surface area contributed by atoms with Crippen molar-refractivity contribution in [2.24, 2.45) is 5.92 Å². The maximum Gasteiger partial charge on any atom is 0.416 e. The summed E-state index contributed by atoms with van der Waals surface area (Å²) in [4.78, 5) is 33.9. The molecule has 1 aliphatic carbocycles. The molecule has 1 saturated carbocycles. The number of hydrogen-bond donors (Lipinski definition) is 1. The zero-order valence-electron chi connectivity index (χ0n) is 16.6. The van der Waals surface area contributed by atoms with Crippen molar-refractivity contribution in [3.05, 3.63) is 62.8 Å². The van der Waals surface area contributed by atoms with E-state index in [-0.39, 0.29) is 30.8 Å². The molecule has 0 bridgehead atoms. The number of aryl methyl sites for hydroxylation is 1. The van der Waals surface area contributed by atoms with Gasteiger partial charge in [0.25, 0.3) is 5.56 Å². The number of aromatic nitrogens is 2. The van der Waals surface area contributed by atoms with E-state index in [2.05, 4.69) is 9.97 Å². The van der Waals surface area contributed by atoms with Crippen LogP contribution in [0.5, 0.6) is 0 Å². The highest BCUT2D eigenvalue weighted by molar-refractivity contribution is 5.78. The van der Waals surface area contributed by atoms with Crippen molar-refractivity contribution in [1.82, 2.24) is 14.9 Å². The van der Waals surface area contributed by atoms with Crippen molar-refractivity contribution < 1.29 is 18.0 Å². The molecule has 0 spiro atoms. The van der Waals surface area contributed by atoms with Crippen LogP contribution in [0.25, 0.3) is 0 Å². The lowest BCUT2D eigenvalue weighted by molar-refractivity contribution is -0.137. The second kappa shape index (κ2) is 8.00. The van der Waals surface area contributed by atoms with E-state index in [0.29, 0.717) is 22.6 Å². The van der Waals surface area contributed by atoms with Crippen LogP contribution < -0.4 is 5.56 Å². The Balaban J connectivity index is 1.83. The Morgan fingerprint density at radius 3 is 2.55 bits per heavy atom. The van der Waals surface area contributed by atoms with E-state index in [1.54, 1.807) is 17.9 Å². The summed E-state index contributed by atoms with van der Waals surface area (Å²) in [6.45, 7) is 5.55. The van der Waals surface area contributed by atoms with Gasteiger partial charge >= 0.3 is 6.18 Å². The molecule has 8 heteroatoms. The SMILES string of the molecule is Cc1nc(CN(C(=O)C(C)C)C2CC2)[nH]c(=O)c1Cc1cccc(C(F)(F)F)c1. The summed E-state index contributed by atoms with van der Waals surface area (Å²) in [6.07, 6.45) is -2.50. The highest BCUT2D eigenvalue weighted by Gasteiger charge is 2.34. The fourth-order valence-electron chi connectivity index (χ4n) is 3.28. The zero-order chi connectivity index (χ0) is 21.3. The molecule has 0 unspecified atom stereocenters. The first-order chi connectivity index (χ1) is 13.6. The molecule has 29 heavy (non-hydrogen) atoms. The van der Waals surface area contributed by atoms with E-state index >= 15 is 0 Å². The Morgan fingerprint density at radius 1 is 1.31 bits per heavy atom. The number of alkyl halides is 3. The van der Waals surface area contributed by atoms with Crippen molar-refractivity contribution in [1.29, 1.82) is 0 Å². The van der Waals surface area contributed by atoms with Crippen LogP contribution in [0.3, 0.4) is 0 Å². The molecule has 0 radical (unpaired) electrons. The first-order valence-corrected chi connectivity index (χ1v) is 9.61. The summed E-state index contributed by atoms with van der Waals surface area (Å²) < 4.78 is 38.8. The minimum atomic E-state index is -4.44. The number of nitrogens with zero attached hydrogens (tertiary/aromatic N) is 2. The number of benzene rings is 1. The average molecular weight is 407 g/mol. The van der Waals surface area contributed by atoms with Gasteiger partial charge in [0.05, 0.1) is 12.1 Å². The molecule has 3 rings (SSSR count). The smallest absolute Gasteiger partial charge is 0.332 e. The lowest BCUT2D eigenvalue weighted by atomic mass is 10.0. The van der Waals surface area contributed by atoms with E-state index < -0.39 is 17.3 Å². The number of nitrogens with one attached hydrogen (secondary N) is 1. The molecule has 0 atom stereocenters. The number of amides is 1. The van der Waals surface area contributed by atoms with Gasteiger partial charge in [0.2, 0.25) is 5.91 Å². The van der Waals surface area contributed by atoms with Gasteiger partial charge in [0.1, 0.15) is 5.82 Å². The first-order valence-electron chi connectivity index (χ1n) is 9.61. The predicted molar refractivity (Wildman–Crippen MR) is 102 cm³/mol. The summed E-state index contributed by atoms with van der Waals surface area (Å²) in [6, 6.07) is 5.11. The van der Waals surface area contributed by atoms with Gasteiger partial charge in [-0.25, -0.2) is 4.98 Å². The number of aromatic amines is 1. The summed E-state index contributed by atoms with van der Waals surface area (Å²) in [5.74, 6) is 0.255. The average Bonchev–Trinajstić information content (AvgIpc) is 3.46. The van der Waals surface area contributed by atoms with Crippen LogP contribution in [0.2, 0.25) is 0 Å². The maximum absolute atomic E-state index is 12.9. The fraction of sp³-hybridized carbons (Fsp3) is 0.476. The normalized spacial score (nSPS) is 14.3. The van der Waals surface area contributed by atoms with E-state index in [9.17, 15) is 22.8 Å². The van der Waals surface area contributed by atoms with E-state index in [4.69, 9.17) is 0 Å². The molecule has 1 aromatic carbocycles. The monoisotopic (exact) mass is 407 g/mol. The predicted octanol–water partition coefficient (Wildman–Crippen LogP) is 3.83. The number of rotatable bonds is 6. The van der Waals surface area contributed by atoms with Gasteiger partial charge < -0.3 is 9.88 Å². The lowest BCUT2D eigenvalue weighted by Gasteiger charge is -2.24. The summed E-state index contributed by atoms with van der Waals surface area (Å²) >= 11 is 0. The topological polar surface area (TPSA) is 66.1 Å². The Hall–Kier alpha value is -2.64. The third-order valence-corrected chi connectivity index (χ3v) is 4.99. The lowest BCUT2D eigenvalue weighted by Crippen LogP contribution is -2.37. The fourth-order valence-corrected chi connectivity index (χ4v) is 3.28. The van der Waals surface area contributed by atoms with Crippen LogP contribution in [-0.2, 0) is 23.9 Å². The van der Waals surface area contributed by atoms with Crippen LogP contribution in [0.4, 0.5) is 13.2 Å². The number of halogens is 3. The van der Waals surface area contributed by atoms with Gasteiger partial charge in [-0.15, -0.1) is 0 Å². The molecule has 0 aliphatic heterocycles. The number of hydrogen-bond acceptors (Lipinski definition) is 3. The second-order valence-electron chi connectivity index (χ2n) is 7.80. The minimum absolute atomic E-state index is 0.0147. The zero-order valence-corrected chi connectivity index (χ0v) is 16.6. The van der Waals surface area contributed by atoms with Crippen molar-refractivity contribution in [2.45, 2.75) is 58.8 Å². The Labute approximate surface area is 167 Å². The molecular weight excluding hydrogens is 383 g/mol. The van der Waals surface area contributed by atoms with Crippen LogP contribution in [0.1, 0.15) is 54.9 Å². The quantitative estimate of drug-likeness (QED) is 0.791. The molecule has 1 aromatic heterocycles. The first kappa shape index (κ1) is 21.1. The molecule has 1 fully saturated rings. The van der Waals surface area contributed by atoms with Crippen molar-refractivity contribution in [2.75, 3.05) is 0 Å². The third kappa shape index (κ3) is 5.05. The largest absolute Gasteiger partial charge is 0.416 e. The Kier molecular flexibility index (Phi) is 5.82. The van der Waals surface area contributed by atoms with Crippen molar-refractivity contribution in [3.8, 4) is 0 Å². The Morgan fingerprint density at radius 2 is 2.00 bits per heavy atom. The molecule has 1 N–H and O–H groups in total. The van der Waals surface area contributed by atoms with Gasteiger partial charge in [-0.3, -0.25) is 9.59 Å². The van der Waals surface area contributed by atoms with Crippen LogP contribution in [0, 0.1) is 12.8 Å². The summed E-state index contributed by atoms with van der Waals surface area (Å²) in [7, 11) is 0. The van der Waals surface area contributed by atoms with Gasteiger partial charge in [-0.1, -0.05) is 32.0 Å². The summed E-state index contributed by atoms with van der Waals surface area (Å²) in [5, 5.41) is 0. The van der Waals surface area contributed by atoms with Gasteiger partial charge in [0.15, 0.2) is 0 Å². The molecule has 0 saturated heterocycles. The van der Waals surface area contributed by atoms with E-state index in [1.165, 1.54) is 6.07 Å². The van der Waals surface area contributed by atoms with E-state index in [0.717, 1.165) is 25.0 Å². The molecule has 2 aromatic rings. The molecular formula is C21H24F3N3O2. The van der Waals surface area contributed by atoms with Crippen LogP contribution in [0.15, 0.2) is 29.1 Å². The van der Waals surface area contributed by atoms with Crippen molar-refractivity contribution in [3.63, 3.8) is 0 Å². The standard InChI is InChI=1S/C21H24F3N3O2/c1-12(2)20(29)27(16-7-8-16)11-18-25-13(3)17(19(28)26-18)10-14-5-4-6-15(9-14)21(22,23)24/h4-6,9,12,16H,7-8,10-11H2,1-3H3,(H,25,26,28). The minimum Gasteiger partial charge on any atom is -0.332 e. The number of carbonyl (C=O) groups excluding carboxylic acids is 1. The molecule has 1 amide bonds. The van der Waals surface area contributed by atoms with E-state index in [1.807, 2.05) is 13.8 Å². The van der Waals surface area contributed by atoms with Crippen molar-refractivity contribution >= 4 is 5.91 Å². The Bertz CT molecular complexity index is 962. The van der Waals surface area contributed by atoms with Gasteiger partial charge in [0, 0.05) is 29.6 Å². The molecule has 5 nitrogen and oxygen atoms in total. The van der Waals surface area contributed by atoms with Gasteiger partial charge in [-0.05, 0) is 31.4 Å². The molecule has 1 aliphatic rings. The van der Waals surface area contributed by atoms with Crippen LogP contribution >= 0.6 is 0 Å².